The third kappa shape index (κ3) is 4.04. The highest BCUT2D eigenvalue weighted by molar-refractivity contribution is 6.60. The summed E-state index contributed by atoms with van der Waals surface area (Å²) in [7, 11) is 3.68. The van der Waals surface area contributed by atoms with Crippen LogP contribution in [0.1, 0.15) is 19.8 Å². The first-order chi connectivity index (χ1) is 7.57. The van der Waals surface area contributed by atoms with Crippen LogP contribution in [-0.4, -0.2) is 56.9 Å². The first-order valence-electron chi connectivity index (χ1n) is 5.33. The molecular weight excluding hydrogens is 260 g/mol. The summed E-state index contributed by atoms with van der Waals surface area (Å²) in [6, 6.07) is 0.703. The molecule has 0 heterocycles. The third-order valence-corrected chi connectivity index (χ3v) is 7.24. The van der Waals surface area contributed by atoms with Gasteiger partial charge in [0, 0.05) is 33.8 Å². The summed E-state index contributed by atoms with van der Waals surface area (Å²) in [6.45, 7) is 2.06. The van der Waals surface area contributed by atoms with E-state index in [2.05, 4.69) is 6.92 Å². The zero-order chi connectivity index (χ0) is 12.7. The molecule has 16 heavy (non-hydrogen) atoms. The molecule has 0 fully saturated rings. The van der Waals surface area contributed by atoms with E-state index < -0.39 is 14.6 Å². The zero-order valence-corrected chi connectivity index (χ0v) is 16.2. The van der Waals surface area contributed by atoms with Crippen molar-refractivity contribution in [3.05, 3.63) is 0 Å². The van der Waals surface area contributed by atoms with Gasteiger partial charge in [-0.2, -0.15) is 0 Å². The van der Waals surface area contributed by atoms with Gasteiger partial charge in [0.1, 0.15) is 26.8 Å². The predicted molar refractivity (Wildman–Crippen MR) is 71.3 cm³/mol. The van der Waals surface area contributed by atoms with Gasteiger partial charge >= 0.3 is 8.80 Å². The molecule has 0 radical (unpaired) electrons. The van der Waals surface area contributed by atoms with Crippen molar-refractivity contribution in [3.63, 3.8) is 0 Å². The van der Waals surface area contributed by atoms with Gasteiger partial charge in [0.15, 0.2) is 0 Å². The molecule has 0 spiro atoms. The van der Waals surface area contributed by atoms with Gasteiger partial charge in [-0.25, -0.2) is 0 Å². The van der Waals surface area contributed by atoms with E-state index in [1.165, 1.54) is 0 Å². The second-order valence-electron chi connectivity index (χ2n) is 3.47. The van der Waals surface area contributed by atoms with Gasteiger partial charge in [-0.1, -0.05) is 6.92 Å². The summed E-state index contributed by atoms with van der Waals surface area (Å²) >= 11 is 0. The summed E-state index contributed by atoms with van der Waals surface area (Å²) in [4.78, 5) is 0. The van der Waals surface area contributed by atoms with Crippen LogP contribution >= 0.6 is 0 Å². The summed E-state index contributed by atoms with van der Waals surface area (Å²) in [5.74, 6) is -0.452. The van der Waals surface area contributed by atoms with Crippen LogP contribution in [0.3, 0.4) is 0 Å². The monoisotopic (exact) mass is 284 g/mol. The van der Waals surface area contributed by atoms with Crippen molar-refractivity contribution in [1.82, 2.24) is 0 Å². The van der Waals surface area contributed by atoms with E-state index in [-0.39, 0.29) is 0 Å². The van der Waals surface area contributed by atoms with Gasteiger partial charge in [0.25, 0.3) is 0 Å². The zero-order valence-electron chi connectivity index (χ0n) is 11.2. The van der Waals surface area contributed by atoms with Gasteiger partial charge in [-0.05, 0) is 6.42 Å². The molecule has 0 aliphatic rings. The Morgan fingerprint density at radius 3 is 1.69 bits per heavy atom. The van der Waals surface area contributed by atoms with Gasteiger partial charge in [0.05, 0.1) is 0 Å². The molecule has 0 unspecified atom stereocenters. The minimum atomic E-state index is -2.51. The molecule has 5 nitrogen and oxygen atoms in total. The molecule has 0 aromatic heterocycles. The maximum Gasteiger partial charge on any atom is 0.500 e. The summed E-state index contributed by atoms with van der Waals surface area (Å²) in [5, 5.41) is 0. The Morgan fingerprint density at radius 1 is 1.00 bits per heavy atom. The van der Waals surface area contributed by atoms with Gasteiger partial charge in [-0.3, -0.25) is 0 Å². The molecule has 0 amide bonds. The van der Waals surface area contributed by atoms with E-state index in [9.17, 15) is 0 Å². The van der Waals surface area contributed by atoms with Crippen molar-refractivity contribution in [1.29, 1.82) is 0 Å². The molecule has 0 N–H and O–H groups in total. The lowest BCUT2D eigenvalue weighted by Gasteiger charge is -2.34. The standard InChI is InChI=1S/C8H24O5Si3/c1-5-8(12-14,13-15)6-7-16(9-2,10-3)11-4/h5-7H2,1-4,14-15H3. The van der Waals surface area contributed by atoms with Crippen LogP contribution in [0.15, 0.2) is 0 Å². The minimum Gasteiger partial charge on any atom is -0.402 e. The van der Waals surface area contributed by atoms with Crippen molar-refractivity contribution in [2.24, 2.45) is 0 Å². The third-order valence-electron chi connectivity index (χ3n) is 3.03. The largest absolute Gasteiger partial charge is 0.500 e. The predicted octanol–water partition coefficient (Wildman–Crippen LogP) is -1.05. The van der Waals surface area contributed by atoms with Crippen LogP contribution in [0.5, 0.6) is 0 Å². The van der Waals surface area contributed by atoms with Crippen molar-refractivity contribution in [3.8, 4) is 0 Å². The highest BCUT2D eigenvalue weighted by Gasteiger charge is 2.41. The Balaban J connectivity index is 4.48. The van der Waals surface area contributed by atoms with Crippen LogP contribution < -0.4 is 0 Å². The lowest BCUT2D eigenvalue weighted by Crippen LogP contribution is -2.45. The lowest BCUT2D eigenvalue weighted by atomic mass is 10.1. The van der Waals surface area contributed by atoms with Crippen molar-refractivity contribution < 1.29 is 22.1 Å². The lowest BCUT2D eigenvalue weighted by molar-refractivity contribution is -0.113. The van der Waals surface area contributed by atoms with Gasteiger partial charge in [0.2, 0.25) is 0 Å². The summed E-state index contributed by atoms with van der Waals surface area (Å²) < 4.78 is 27.3. The fourth-order valence-corrected chi connectivity index (χ4v) is 5.10. The molecule has 98 valence electrons. The van der Waals surface area contributed by atoms with E-state index in [4.69, 9.17) is 22.1 Å². The van der Waals surface area contributed by atoms with Crippen LogP contribution in [0, 0.1) is 0 Å². The van der Waals surface area contributed by atoms with E-state index in [1.807, 2.05) is 0 Å². The van der Waals surface area contributed by atoms with Crippen molar-refractivity contribution >= 4 is 29.8 Å². The molecule has 0 saturated heterocycles. The molecule has 0 aliphatic heterocycles. The highest BCUT2D eigenvalue weighted by Crippen LogP contribution is 2.27. The maximum atomic E-state index is 5.57. The van der Waals surface area contributed by atoms with Crippen molar-refractivity contribution in [2.75, 3.05) is 21.3 Å². The molecule has 0 aromatic carbocycles. The molecule has 0 rings (SSSR count). The normalized spacial score (nSPS) is 16.5. The quantitative estimate of drug-likeness (QED) is 0.400. The number of hydrogen-bond donors (Lipinski definition) is 0. The van der Waals surface area contributed by atoms with Crippen LogP contribution in [0.25, 0.3) is 0 Å². The van der Waals surface area contributed by atoms with E-state index in [1.54, 1.807) is 21.3 Å². The van der Waals surface area contributed by atoms with E-state index in [0.717, 1.165) is 12.8 Å². The SMILES string of the molecule is CCC(CC[Si](OC)(OC)OC)(O[SiH3])O[SiH3]. The minimum absolute atomic E-state index is 0.452. The first-order valence-corrected chi connectivity index (χ1v) is 8.89. The molecule has 0 aliphatic carbocycles. The average molecular weight is 285 g/mol. The second-order valence-corrected chi connectivity index (χ2v) is 7.38. The van der Waals surface area contributed by atoms with Crippen molar-refractivity contribution in [2.45, 2.75) is 31.6 Å². The first kappa shape index (κ1) is 16.5. The molecule has 0 atom stereocenters. The molecular formula is C8H24O5Si3. The maximum absolute atomic E-state index is 5.57. The Hall–Kier alpha value is 0.451. The second kappa shape index (κ2) is 7.71. The Kier molecular flexibility index (Phi) is 7.93. The fourth-order valence-electron chi connectivity index (χ4n) is 1.65. The van der Waals surface area contributed by atoms with Gasteiger partial charge < -0.3 is 22.1 Å². The van der Waals surface area contributed by atoms with Crippen LogP contribution in [0.2, 0.25) is 6.04 Å². The Bertz CT molecular complexity index is 148. The average Bonchev–Trinajstić information content (AvgIpc) is 2.37. The Morgan fingerprint density at radius 2 is 1.44 bits per heavy atom. The van der Waals surface area contributed by atoms with Crippen LogP contribution in [0.4, 0.5) is 0 Å². The van der Waals surface area contributed by atoms with E-state index in [0.29, 0.717) is 27.0 Å². The van der Waals surface area contributed by atoms with Crippen LogP contribution in [-0.2, 0) is 22.1 Å². The Labute approximate surface area is 105 Å². The smallest absolute Gasteiger partial charge is 0.402 e. The fraction of sp³-hybridized carbons (Fsp3) is 1.00. The summed E-state index contributed by atoms with van der Waals surface area (Å²) in [6.07, 6.45) is 1.58. The molecule has 0 aromatic rings. The molecule has 8 heteroatoms. The molecule has 0 bridgehead atoms. The van der Waals surface area contributed by atoms with E-state index >= 15 is 0 Å². The molecule has 0 saturated carbocycles. The highest BCUT2D eigenvalue weighted by atomic mass is 28.4. The summed E-state index contributed by atoms with van der Waals surface area (Å²) in [5.41, 5.74) is 0. The van der Waals surface area contributed by atoms with Gasteiger partial charge in [-0.15, -0.1) is 0 Å². The number of hydrogen-bond acceptors (Lipinski definition) is 5. The number of rotatable bonds is 9. The topological polar surface area (TPSA) is 46.2 Å².